The largest absolute Gasteiger partial charge is 0.421 e. The van der Waals surface area contributed by atoms with Crippen LogP contribution in [0.1, 0.15) is 19.8 Å². The molecule has 4 N–H and O–H groups in total. The van der Waals surface area contributed by atoms with E-state index in [2.05, 4.69) is 9.78 Å². The van der Waals surface area contributed by atoms with Crippen molar-refractivity contribution in [2.24, 2.45) is 11.5 Å². The summed E-state index contributed by atoms with van der Waals surface area (Å²) in [6.45, 7) is 1.39. The minimum atomic E-state index is -1.24. The number of ketones is 1. The van der Waals surface area contributed by atoms with E-state index in [0.29, 0.717) is 19.4 Å². The molecule has 0 fully saturated rings. The van der Waals surface area contributed by atoms with Gasteiger partial charge in [0, 0.05) is 6.92 Å². The summed E-state index contributed by atoms with van der Waals surface area (Å²) in [6.07, 6.45) is 0.879. The molecule has 0 aliphatic rings. The van der Waals surface area contributed by atoms with Crippen LogP contribution in [-0.4, -0.2) is 30.3 Å². The molecule has 0 saturated carbocycles. The van der Waals surface area contributed by atoms with Gasteiger partial charge in [-0.1, -0.05) is 0 Å². The van der Waals surface area contributed by atoms with Gasteiger partial charge in [-0.05, 0) is 19.4 Å². The number of carbonyl (C=O) groups excluding carboxylic acids is 3. The normalized spacial score (nSPS) is 11.7. The molecule has 0 aromatic carbocycles. The molecule has 0 aromatic heterocycles. The Morgan fingerprint density at radius 2 is 1.87 bits per heavy atom. The second kappa shape index (κ2) is 6.91. The Hall–Kier alpha value is -1.47. The highest BCUT2D eigenvalue weighted by molar-refractivity contribution is 6.32. The molecule has 0 aromatic rings. The van der Waals surface area contributed by atoms with Gasteiger partial charge < -0.3 is 11.5 Å². The Morgan fingerprint density at radius 3 is 2.33 bits per heavy atom. The molecule has 15 heavy (non-hydrogen) atoms. The molecule has 7 heteroatoms. The fourth-order valence-corrected chi connectivity index (χ4v) is 0.655. The molecule has 1 atom stereocenters. The monoisotopic (exact) mass is 218 g/mol. The number of nitrogens with two attached hydrogens (primary N) is 2. The smallest absolute Gasteiger partial charge is 0.330 e. The quantitative estimate of drug-likeness (QED) is 0.332. The lowest BCUT2D eigenvalue weighted by molar-refractivity contribution is -0.257. The minimum absolute atomic E-state index is 0.326. The van der Waals surface area contributed by atoms with Crippen LogP contribution in [-0.2, 0) is 24.2 Å². The number of Topliss-reactive ketones (excluding diaryl/α,β-unsaturated/α-hetero) is 1. The van der Waals surface area contributed by atoms with Gasteiger partial charge >= 0.3 is 11.9 Å². The molecule has 0 heterocycles. The highest BCUT2D eigenvalue weighted by Gasteiger charge is 2.19. The van der Waals surface area contributed by atoms with Crippen molar-refractivity contribution < 1.29 is 24.2 Å². The van der Waals surface area contributed by atoms with Gasteiger partial charge in [0.05, 0.1) is 0 Å². The van der Waals surface area contributed by atoms with E-state index in [9.17, 15) is 14.4 Å². The van der Waals surface area contributed by atoms with Gasteiger partial charge in [-0.25, -0.2) is 19.4 Å². The fourth-order valence-electron chi connectivity index (χ4n) is 0.655. The maximum Gasteiger partial charge on any atom is 0.421 e. The summed E-state index contributed by atoms with van der Waals surface area (Å²) in [5, 5.41) is 0. The van der Waals surface area contributed by atoms with E-state index in [1.54, 1.807) is 0 Å². The predicted octanol–water partition coefficient (Wildman–Crippen LogP) is -1.36. The predicted molar refractivity (Wildman–Crippen MR) is 49.1 cm³/mol. The molecule has 0 aliphatic heterocycles. The lowest BCUT2D eigenvalue weighted by Gasteiger charge is -2.07. The van der Waals surface area contributed by atoms with Crippen molar-refractivity contribution >= 4 is 17.7 Å². The molecule has 0 amide bonds. The van der Waals surface area contributed by atoms with E-state index in [4.69, 9.17) is 11.5 Å². The van der Waals surface area contributed by atoms with Gasteiger partial charge in [0.25, 0.3) is 0 Å². The molecule has 0 bridgehead atoms. The first kappa shape index (κ1) is 13.5. The summed E-state index contributed by atoms with van der Waals surface area (Å²) in [4.78, 5) is 39.9. The highest BCUT2D eigenvalue weighted by atomic mass is 17.2. The molecule has 1 unspecified atom stereocenters. The van der Waals surface area contributed by atoms with E-state index in [0.717, 1.165) is 6.92 Å². The number of rotatable bonds is 5. The Kier molecular flexibility index (Phi) is 6.23. The van der Waals surface area contributed by atoms with Crippen LogP contribution in [0.4, 0.5) is 0 Å². The first-order valence-corrected chi connectivity index (χ1v) is 4.38. The summed E-state index contributed by atoms with van der Waals surface area (Å²) >= 11 is 0. The summed E-state index contributed by atoms with van der Waals surface area (Å²) in [7, 11) is 0. The third-order valence-corrected chi connectivity index (χ3v) is 1.51. The van der Waals surface area contributed by atoms with E-state index < -0.39 is 23.8 Å². The van der Waals surface area contributed by atoms with Crippen molar-refractivity contribution in [2.75, 3.05) is 6.54 Å². The van der Waals surface area contributed by atoms with E-state index in [1.165, 1.54) is 0 Å². The van der Waals surface area contributed by atoms with Gasteiger partial charge in [-0.3, -0.25) is 4.79 Å². The third kappa shape index (κ3) is 5.76. The lowest BCUT2D eigenvalue weighted by atomic mass is 10.2. The molecule has 86 valence electrons. The molecular weight excluding hydrogens is 204 g/mol. The van der Waals surface area contributed by atoms with Crippen molar-refractivity contribution in [2.45, 2.75) is 25.8 Å². The van der Waals surface area contributed by atoms with E-state index >= 15 is 0 Å². The van der Waals surface area contributed by atoms with Crippen LogP contribution < -0.4 is 11.5 Å². The summed E-state index contributed by atoms with van der Waals surface area (Å²) in [5.74, 6) is -3.01. The standard InChI is InChI=1S/C8H14N2O5/c1-5(11)7(12)14-15-8(13)6(10)3-2-4-9/h6H,2-4,9-10H2,1H3. The molecule has 0 radical (unpaired) electrons. The Morgan fingerprint density at radius 1 is 1.27 bits per heavy atom. The maximum absolute atomic E-state index is 11.0. The van der Waals surface area contributed by atoms with Crippen LogP contribution in [0.5, 0.6) is 0 Å². The van der Waals surface area contributed by atoms with Gasteiger partial charge in [-0.15, -0.1) is 0 Å². The third-order valence-electron chi connectivity index (χ3n) is 1.51. The maximum atomic E-state index is 11.0. The van der Waals surface area contributed by atoms with E-state index in [-0.39, 0.29) is 0 Å². The molecule has 7 nitrogen and oxygen atoms in total. The SMILES string of the molecule is CC(=O)C(=O)OOC(=O)C(N)CCCN. The number of hydrogen-bond donors (Lipinski definition) is 2. The average Bonchev–Trinajstić information content (AvgIpc) is 2.21. The molecule has 0 rings (SSSR count). The lowest BCUT2D eigenvalue weighted by Crippen LogP contribution is -2.33. The zero-order valence-corrected chi connectivity index (χ0v) is 8.39. The van der Waals surface area contributed by atoms with Crippen molar-refractivity contribution in [3.63, 3.8) is 0 Å². The van der Waals surface area contributed by atoms with Crippen LogP contribution in [0.15, 0.2) is 0 Å². The van der Waals surface area contributed by atoms with Crippen molar-refractivity contribution in [1.82, 2.24) is 0 Å². The summed E-state index contributed by atoms with van der Waals surface area (Å²) in [5.41, 5.74) is 10.6. The zero-order valence-electron chi connectivity index (χ0n) is 8.39. The topological polar surface area (TPSA) is 122 Å². The molecule has 0 aliphatic carbocycles. The van der Waals surface area contributed by atoms with Gasteiger partial charge in [0.15, 0.2) is 0 Å². The Balaban J connectivity index is 3.82. The van der Waals surface area contributed by atoms with Crippen LogP contribution in [0.3, 0.4) is 0 Å². The molecule has 0 saturated heterocycles. The Bertz CT molecular complexity index is 253. The van der Waals surface area contributed by atoms with Gasteiger partial charge in [-0.2, -0.15) is 0 Å². The second-order valence-electron chi connectivity index (χ2n) is 2.87. The minimum Gasteiger partial charge on any atom is -0.330 e. The van der Waals surface area contributed by atoms with Crippen LogP contribution in [0.25, 0.3) is 0 Å². The average molecular weight is 218 g/mol. The first-order chi connectivity index (χ1) is 6.99. The van der Waals surface area contributed by atoms with Crippen LogP contribution in [0, 0.1) is 0 Å². The number of carbonyl (C=O) groups is 3. The van der Waals surface area contributed by atoms with Gasteiger partial charge in [0.1, 0.15) is 6.04 Å². The zero-order chi connectivity index (χ0) is 11.8. The van der Waals surface area contributed by atoms with Crippen molar-refractivity contribution in [3.8, 4) is 0 Å². The van der Waals surface area contributed by atoms with Crippen molar-refractivity contribution in [1.29, 1.82) is 0 Å². The number of hydrogen-bond acceptors (Lipinski definition) is 7. The summed E-state index contributed by atoms with van der Waals surface area (Å²) < 4.78 is 0. The Labute approximate surface area is 86.6 Å². The summed E-state index contributed by atoms with van der Waals surface area (Å²) in [6, 6.07) is -0.909. The fraction of sp³-hybridized carbons (Fsp3) is 0.625. The second-order valence-corrected chi connectivity index (χ2v) is 2.87. The molecule has 0 spiro atoms. The highest BCUT2D eigenvalue weighted by Crippen LogP contribution is 1.96. The van der Waals surface area contributed by atoms with Crippen LogP contribution in [0.2, 0.25) is 0 Å². The van der Waals surface area contributed by atoms with Crippen molar-refractivity contribution in [3.05, 3.63) is 0 Å². The van der Waals surface area contributed by atoms with E-state index in [1.807, 2.05) is 0 Å². The van der Waals surface area contributed by atoms with Crippen LogP contribution >= 0.6 is 0 Å². The molecular formula is C8H14N2O5. The first-order valence-electron chi connectivity index (χ1n) is 4.38. The van der Waals surface area contributed by atoms with Gasteiger partial charge in [0.2, 0.25) is 5.78 Å².